The van der Waals surface area contributed by atoms with Crippen molar-refractivity contribution in [2.75, 3.05) is 6.54 Å². The Balaban J connectivity index is 2.76. The van der Waals surface area contributed by atoms with Gasteiger partial charge in [0.15, 0.2) is 5.82 Å². The molecule has 102 valence electrons. The summed E-state index contributed by atoms with van der Waals surface area (Å²) in [5, 5.41) is 13.1. The lowest BCUT2D eigenvalue weighted by Gasteiger charge is -2.32. The molecule has 0 saturated heterocycles. The summed E-state index contributed by atoms with van der Waals surface area (Å²) in [5.74, 6) is 0.281. The van der Waals surface area contributed by atoms with Gasteiger partial charge < -0.3 is 9.63 Å². The normalized spacial score (nSPS) is 12.1. The highest BCUT2D eigenvalue weighted by Gasteiger charge is 2.34. The van der Waals surface area contributed by atoms with E-state index in [0.29, 0.717) is 24.8 Å². The van der Waals surface area contributed by atoms with Gasteiger partial charge in [0.2, 0.25) is 5.89 Å². The summed E-state index contributed by atoms with van der Waals surface area (Å²) >= 11 is 0. The third-order valence-corrected chi connectivity index (χ3v) is 3.01. The van der Waals surface area contributed by atoms with E-state index in [4.69, 9.17) is 4.52 Å². The van der Waals surface area contributed by atoms with E-state index < -0.39 is 11.5 Å². The van der Waals surface area contributed by atoms with Gasteiger partial charge in [0.05, 0.1) is 6.54 Å². The first-order valence-electron chi connectivity index (χ1n) is 6.21. The summed E-state index contributed by atoms with van der Waals surface area (Å²) in [6.07, 6.45) is 1.73. The minimum atomic E-state index is -0.950. The van der Waals surface area contributed by atoms with Crippen LogP contribution in [0.25, 0.3) is 0 Å². The van der Waals surface area contributed by atoms with E-state index in [0.717, 1.165) is 12.8 Å². The van der Waals surface area contributed by atoms with Crippen molar-refractivity contribution in [1.82, 2.24) is 15.0 Å². The average molecular weight is 255 g/mol. The molecule has 0 aliphatic carbocycles. The Morgan fingerprint density at radius 1 is 1.44 bits per heavy atom. The molecule has 1 aromatic rings. The van der Waals surface area contributed by atoms with Crippen LogP contribution in [0.5, 0.6) is 0 Å². The molecule has 0 radical (unpaired) electrons. The van der Waals surface area contributed by atoms with Gasteiger partial charge in [-0.3, -0.25) is 9.69 Å². The molecule has 0 aliphatic rings. The molecule has 1 rings (SSSR count). The van der Waals surface area contributed by atoms with Crippen molar-refractivity contribution in [3.8, 4) is 0 Å². The van der Waals surface area contributed by atoms with Crippen molar-refractivity contribution in [3.05, 3.63) is 11.7 Å². The van der Waals surface area contributed by atoms with E-state index in [1.165, 1.54) is 0 Å². The zero-order chi connectivity index (χ0) is 13.8. The number of aliphatic carboxylic acids is 1. The fourth-order valence-corrected chi connectivity index (χ4v) is 1.68. The van der Waals surface area contributed by atoms with Crippen molar-refractivity contribution in [3.63, 3.8) is 0 Å². The van der Waals surface area contributed by atoms with E-state index in [2.05, 4.69) is 10.1 Å². The quantitative estimate of drug-likeness (QED) is 0.799. The van der Waals surface area contributed by atoms with Crippen LogP contribution in [0.1, 0.15) is 45.8 Å². The molecule has 6 nitrogen and oxygen atoms in total. The van der Waals surface area contributed by atoms with Gasteiger partial charge in [-0.25, -0.2) is 0 Å². The van der Waals surface area contributed by atoms with Crippen molar-refractivity contribution >= 4 is 5.97 Å². The summed E-state index contributed by atoms with van der Waals surface area (Å²) in [6.45, 7) is 8.25. The predicted molar refractivity (Wildman–Crippen MR) is 66.1 cm³/mol. The number of aromatic nitrogens is 2. The maximum absolute atomic E-state index is 11.2. The molecule has 0 saturated carbocycles. The molecule has 1 heterocycles. The Bertz CT molecular complexity index is 401. The summed E-state index contributed by atoms with van der Waals surface area (Å²) < 4.78 is 5.13. The van der Waals surface area contributed by atoms with Crippen LogP contribution in [0.3, 0.4) is 0 Å². The van der Waals surface area contributed by atoms with Crippen LogP contribution in [0.4, 0.5) is 0 Å². The van der Waals surface area contributed by atoms with E-state index in [9.17, 15) is 9.90 Å². The molecule has 0 fully saturated rings. The minimum absolute atomic E-state index is 0.354. The van der Waals surface area contributed by atoms with E-state index in [1.54, 1.807) is 18.7 Å². The second-order valence-corrected chi connectivity index (χ2v) is 4.73. The number of hydrogen-bond donors (Lipinski definition) is 1. The van der Waals surface area contributed by atoms with Crippen molar-refractivity contribution in [2.24, 2.45) is 0 Å². The summed E-state index contributed by atoms with van der Waals surface area (Å²) in [7, 11) is 0. The Morgan fingerprint density at radius 3 is 2.61 bits per heavy atom. The molecular formula is C12H21N3O3. The van der Waals surface area contributed by atoms with Crippen LogP contribution < -0.4 is 0 Å². The third-order valence-electron chi connectivity index (χ3n) is 3.01. The Hall–Kier alpha value is -1.43. The second-order valence-electron chi connectivity index (χ2n) is 4.73. The molecule has 0 aliphatic heterocycles. The number of hydrogen-bond acceptors (Lipinski definition) is 5. The molecule has 1 N–H and O–H groups in total. The van der Waals surface area contributed by atoms with E-state index >= 15 is 0 Å². The molecule has 0 unspecified atom stereocenters. The van der Waals surface area contributed by atoms with E-state index in [-0.39, 0.29) is 0 Å². The highest BCUT2D eigenvalue weighted by Crippen LogP contribution is 2.17. The van der Waals surface area contributed by atoms with Gasteiger partial charge in [-0.15, -0.1) is 0 Å². The highest BCUT2D eigenvalue weighted by atomic mass is 16.5. The summed E-state index contributed by atoms with van der Waals surface area (Å²) in [5.41, 5.74) is -0.950. The maximum atomic E-state index is 11.2. The van der Waals surface area contributed by atoms with Crippen molar-refractivity contribution in [1.29, 1.82) is 0 Å². The first-order chi connectivity index (χ1) is 8.41. The lowest BCUT2D eigenvalue weighted by molar-refractivity contribution is -0.149. The summed E-state index contributed by atoms with van der Waals surface area (Å²) in [6, 6.07) is 0. The van der Waals surface area contributed by atoms with Crippen LogP contribution in [-0.4, -0.2) is 38.2 Å². The standard InChI is InChI=1S/C12H21N3O3/c1-5-7-9-13-10(18-14-9)8-15(6-2)12(3,4)11(16)17/h5-8H2,1-4H3,(H,16,17). The van der Waals surface area contributed by atoms with Gasteiger partial charge in [-0.05, 0) is 26.8 Å². The third kappa shape index (κ3) is 3.29. The smallest absolute Gasteiger partial charge is 0.323 e. The highest BCUT2D eigenvalue weighted by molar-refractivity contribution is 5.77. The molecule has 0 amide bonds. The number of aryl methyl sites for hydroxylation is 1. The zero-order valence-electron chi connectivity index (χ0n) is 11.4. The lowest BCUT2D eigenvalue weighted by atomic mass is 10.0. The Kier molecular flexibility index (Phi) is 4.84. The van der Waals surface area contributed by atoms with Gasteiger partial charge in [0, 0.05) is 6.42 Å². The predicted octanol–water partition coefficient (Wildman–Crippen LogP) is 1.71. The Morgan fingerprint density at radius 2 is 2.11 bits per heavy atom. The number of nitrogens with zero attached hydrogens (tertiary/aromatic N) is 3. The second kappa shape index (κ2) is 5.95. The van der Waals surface area contributed by atoms with Crippen LogP contribution >= 0.6 is 0 Å². The van der Waals surface area contributed by atoms with Gasteiger partial charge in [-0.1, -0.05) is 19.0 Å². The Labute approximate surface area is 107 Å². The maximum Gasteiger partial charge on any atom is 0.323 e. The lowest BCUT2D eigenvalue weighted by Crippen LogP contribution is -2.49. The first kappa shape index (κ1) is 14.6. The number of carboxylic acids is 1. The van der Waals surface area contributed by atoms with Gasteiger partial charge >= 0.3 is 5.97 Å². The molecule has 0 bridgehead atoms. The van der Waals surface area contributed by atoms with Crippen LogP contribution in [0.15, 0.2) is 4.52 Å². The van der Waals surface area contributed by atoms with Crippen LogP contribution in [0, 0.1) is 0 Å². The van der Waals surface area contributed by atoms with Crippen molar-refractivity contribution < 1.29 is 14.4 Å². The van der Waals surface area contributed by atoms with Crippen molar-refractivity contribution in [2.45, 2.75) is 52.6 Å². The van der Waals surface area contributed by atoms with Gasteiger partial charge in [0.25, 0.3) is 0 Å². The van der Waals surface area contributed by atoms with Crippen LogP contribution in [0.2, 0.25) is 0 Å². The molecule has 6 heteroatoms. The molecule has 0 spiro atoms. The molecule has 1 aromatic heterocycles. The first-order valence-corrected chi connectivity index (χ1v) is 6.21. The number of likely N-dealkylation sites (N-methyl/N-ethyl adjacent to an activating group) is 1. The fourth-order valence-electron chi connectivity index (χ4n) is 1.68. The molecule has 0 aromatic carbocycles. The zero-order valence-corrected chi connectivity index (χ0v) is 11.4. The SMILES string of the molecule is CCCc1noc(CN(CC)C(C)(C)C(=O)O)n1. The number of carbonyl (C=O) groups is 1. The van der Waals surface area contributed by atoms with E-state index in [1.807, 2.05) is 13.8 Å². The molecule has 0 atom stereocenters. The minimum Gasteiger partial charge on any atom is -0.480 e. The van der Waals surface area contributed by atoms with Gasteiger partial charge in [0.1, 0.15) is 5.54 Å². The molecular weight excluding hydrogens is 234 g/mol. The average Bonchev–Trinajstić information content (AvgIpc) is 2.73. The summed E-state index contributed by atoms with van der Waals surface area (Å²) in [4.78, 5) is 17.2. The number of carboxylic acid groups (broad SMARTS) is 1. The monoisotopic (exact) mass is 255 g/mol. The number of rotatable bonds is 7. The molecule has 18 heavy (non-hydrogen) atoms. The van der Waals surface area contributed by atoms with Gasteiger partial charge in [-0.2, -0.15) is 4.98 Å². The van der Waals surface area contributed by atoms with Crippen LogP contribution in [-0.2, 0) is 17.8 Å². The fraction of sp³-hybridized carbons (Fsp3) is 0.750. The largest absolute Gasteiger partial charge is 0.480 e. The topological polar surface area (TPSA) is 79.5 Å².